The Morgan fingerprint density at radius 3 is 2.24 bits per heavy atom. The molecule has 3 rings (SSSR count). The Morgan fingerprint density at radius 1 is 0.931 bits per heavy atom. The summed E-state index contributed by atoms with van der Waals surface area (Å²) in [5, 5.41) is 3.81. The number of hydrogen-bond donors (Lipinski definition) is 1. The van der Waals surface area contributed by atoms with Crippen LogP contribution in [0.2, 0.25) is 10.0 Å². The van der Waals surface area contributed by atoms with Gasteiger partial charge in [0.25, 0.3) is 5.91 Å². The molecule has 0 unspecified atom stereocenters. The number of anilines is 1. The van der Waals surface area contributed by atoms with Crippen LogP contribution in [0.5, 0.6) is 5.75 Å². The Morgan fingerprint density at radius 2 is 1.59 bits per heavy atom. The van der Waals surface area contributed by atoms with Gasteiger partial charge in [0.05, 0.1) is 5.69 Å². The molecule has 0 aromatic heterocycles. The summed E-state index contributed by atoms with van der Waals surface area (Å²) >= 11 is 12.2. The first kappa shape index (κ1) is 20.9. The maximum atomic E-state index is 12.8. The quantitative estimate of drug-likeness (QED) is 0.501. The molecular formula is C23H19Cl2NO3. The second-order valence-corrected chi connectivity index (χ2v) is 7.41. The highest BCUT2D eigenvalue weighted by atomic mass is 35.5. The van der Waals surface area contributed by atoms with Gasteiger partial charge in [-0.2, -0.15) is 0 Å². The van der Waals surface area contributed by atoms with Gasteiger partial charge in [-0.3, -0.25) is 9.59 Å². The van der Waals surface area contributed by atoms with Crippen molar-refractivity contribution in [1.29, 1.82) is 0 Å². The highest BCUT2D eigenvalue weighted by Gasteiger charge is 2.16. The van der Waals surface area contributed by atoms with E-state index in [9.17, 15) is 9.59 Å². The first-order chi connectivity index (χ1) is 13.8. The summed E-state index contributed by atoms with van der Waals surface area (Å²) in [6.45, 7) is 3.54. The number of ketones is 1. The Bertz CT molecular complexity index is 1040. The molecule has 1 N–H and O–H groups in total. The highest BCUT2D eigenvalue weighted by Crippen LogP contribution is 2.26. The van der Waals surface area contributed by atoms with Crippen LogP contribution in [0.3, 0.4) is 0 Å². The van der Waals surface area contributed by atoms with Gasteiger partial charge in [-0.1, -0.05) is 53.5 Å². The Hall–Kier alpha value is -2.82. The van der Waals surface area contributed by atoms with Gasteiger partial charge in [0.2, 0.25) is 0 Å². The van der Waals surface area contributed by atoms with Gasteiger partial charge < -0.3 is 10.1 Å². The van der Waals surface area contributed by atoms with Crippen molar-refractivity contribution in [3.8, 4) is 5.75 Å². The summed E-state index contributed by atoms with van der Waals surface area (Å²) in [6.07, 6.45) is 0. The van der Waals surface area contributed by atoms with Crippen molar-refractivity contribution in [2.75, 3.05) is 11.9 Å². The number of rotatable bonds is 6. The third-order valence-electron chi connectivity index (χ3n) is 4.32. The monoisotopic (exact) mass is 427 g/mol. The molecule has 0 fully saturated rings. The smallest absolute Gasteiger partial charge is 0.262 e. The molecule has 0 heterocycles. The van der Waals surface area contributed by atoms with Crippen LogP contribution in [-0.2, 0) is 4.79 Å². The van der Waals surface area contributed by atoms with Crippen LogP contribution in [-0.4, -0.2) is 18.3 Å². The normalized spacial score (nSPS) is 10.5. The average molecular weight is 428 g/mol. The molecule has 148 valence electrons. The molecule has 0 bridgehead atoms. The molecule has 1 amide bonds. The lowest BCUT2D eigenvalue weighted by Crippen LogP contribution is -2.21. The maximum Gasteiger partial charge on any atom is 0.262 e. The van der Waals surface area contributed by atoms with E-state index in [-0.39, 0.29) is 18.3 Å². The summed E-state index contributed by atoms with van der Waals surface area (Å²) in [6, 6.07) is 17.1. The molecule has 0 aliphatic heterocycles. The van der Waals surface area contributed by atoms with Crippen molar-refractivity contribution < 1.29 is 14.3 Å². The van der Waals surface area contributed by atoms with Crippen LogP contribution < -0.4 is 10.1 Å². The number of benzene rings is 3. The van der Waals surface area contributed by atoms with Crippen LogP contribution >= 0.6 is 23.2 Å². The minimum Gasteiger partial charge on any atom is -0.484 e. The second kappa shape index (κ2) is 9.12. The van der Waals surface area contributed by atoms with E-state index in [0.717, 1.165) is 11.1 Å². The van der Waals surface area contributed by atoms with E-state index in [1.807, 2.05) is 19.9 Å². The fraction of sp³-hybridized carbons (Fsp3) is 0.130. The van der Waals surface area contributed by atoms with Crippen LogP contribution in [0.1, 0.15) is 27.0 Å². The molecule has 0 atom stereocenters. The number of hydrogen-bond acceptors (Lipinski definition) is 3. The molecular weight excluding hydrogens is 409 g/mol. The van der Waals surface area contributed by atoms with Crippen molar-refractivity contribution in [2.24, 2.45) is 0 Å². The van der Waals surface area contributed by atoms with Crippen molar-refractivity contribution >= 4 is 40.6 Å². The zero-order valence-corrected chi connectivity index (χ0v) is 17.5. The molecule has 0 aliphatic carbocycles. The molecule has 0 spiro atoms. The number of nitrogens with one attached hydrogen (secondary N) is 1. The number of amides is 1. The van der Waals surface area contributed by atoms with E-state index in [0.29, 0.717) is 32.6 Å². The van der Waals surface area contributed by atoms with E-state index in [4.69, 9.17) is 27.9 Å². The topological polar surface area (TPSA) is 55.4 Å². The highest BCUT2D eigenvalue weighted by molar-refractivity contribution is 6.32. The van der Waals surface area contributed by atoms with Crippen molar-refractivity contribution in [1.82, 2.24) is 0 Å². The van der Waals surface area contributed by atoms with Crippen molar-refractivity contribution in [2.45, 2.75) is 13.8 Å². The van der Waals surface area contributed by atoms with Gasteiger partial charge in [0.15, 0.2) is 12.4 Å². The first-order valence-corrected chi connectivity index (χ1v) is 9.69. The minimum absolute atomic E-state index is 0.206. The average Bonchev–Trinajstić information content (AvgIpc) is 2.71. The molecule has 6 heteroatoms. The summed E-state index contributed by atoms with van der Waals surface area (Å²) in [4.78, 5) is 25.2. The van der Waals surface area contributed by atoms with Gasteiger partial charge in [-0.05, 0) is 55.3 Å². The lowest BCUT2D eigenvalue weighted by Gasteiger charge is -2.13. The summed E-state index contributed by atoms with van der Waals surface area (Å²) < 4.78 is 5.58. The van der Waals surface area contributed by atoms with Crippen LogP contribution in [0.15, 0.2) is 60.7 Å². The van der Waals surface area contributed by atoms with E-state index < -0.39 is 0 Å². The number of carbonyl (C=O) groups excluding carboxylic acids is 2. The van der Waals surface area contributed by atoms with Gasteiger partial charge in [0.1, 0.15) is 5.75 Å². The van der Waals surface area contributed by atoms with E-state index in [2.05, 4.69) is 5.32 Å². The number of halogens is 2. The zero-order valence-electron chi connectivity index (χ0n) is 16.0. The fourth-order valence-electron chi connectivity index (χ4n) is 2.88. The zero-order chi connectivity index (χ0) is 21.0. The molecule has 0 radical (unpaired) electrons. The predicted octanol–water partition coefficient (Wildman–Crippen LogP) is 5.86. The van der Waals surface area contributed by atoms with Gasteiger partial charge >= 0.3 is 0 Å². The predicted molar refractivity (Wildman–Crippen MR) is 116 cm³/mol. The minimum atomic E-state index is -0.389. The van der Waals surface area contributed by atoms with Gasteiger partial charge in [0, 0.05) is 21.2 Å². The van der Waals surface area contributed by atoms with E-state index in [1.165, 1.54) is 0 Å². The largest absolute Gasteiger partial charge is 0.484 e. The van der Waals surface area contributed by atoms with E-state index >= 15 is 0 Å². The van der Waals surface area contributed by atoms with Crippen LogP contribution in [0.4, 0.5) is 5.69 Å². The summed E-state index contributed by atoms with van der Waals surface area (Å²) in [7, 11) is 0. The standard InChI is InChI=1S/C23H19Cl2NO3/c1-14-10-18(11-15(2)22(14)25)29-13-21(27)26-20-9-8-17(24)12-19(20)23(28)16-6-4-3-5-7-16/h3-12H,13H2,1-2H3,(H,26,27). The third-order valence-corrected chi connectivity index (χ3v) is 5.15. The number of carbonyl (C=O) groups is 2. The molecule has 29 heavy (non-hydrogen) atoms. The van der Waals surface area contributed by atoms with Crippen LogP contribution in [0.25, 0.3) is 0 Å². The Kier molecular flexibility index (Phi) is 6.57. The van der Waals surface area contributed by atoms with Crippen LogP contribution in [0, 0.1) is 13.8 Å². The van der Waals surface area contributed by atoms with Crippen molar-refractivity contribution in [3.05, 3.63) is 93.0 Å². The molecule has 0 saturated carbocycles. The molecule has 4 nitrogen and oxygen atoms in total. The Balaban J connectivity index is 1.75. The van der Waals surface area contributed by atoms with Gasteiger partial charge in [-0.15, -0.1) is 0 Å². The maximum absolute atomic E-state index is 12.8. The molecule has 3 aromatic rings. The summed E-state index contributed by atoms with van der Waals surface area (Å²) in [5.74, 6) is -0.0656. The third kappa shape index (κ3) is 5.17. The fourth-order valence-corrected chi connectivity index (χ4v) is 3.16. The van der Waals surface area contributed by atoms with Gasteiger partial charge in [-0.25, -0.2) is 0 Å². The summed E-state index contributed by atoms with van der Waals surface area (Å²) in [5.41, 5.74) is 2.94. The van der Waals surface area contributed by atoms with Crippen molar-refractivity contribution in [3.63, 3.8) is 0 Å². The number of aryl methyl sites for hydroxylation is 2. The SMILES string of the molecule is Cc1cc(OCC(=O)Nc2ccc(Cl)cc2C(=O)c2ccccc2)cc(C)c1Cl. The number of ether oxygens (including phenoxy) is 1. The lowest BCUT2D eigenvalue weighted by molar-refractivity contribution is -0.118. The lowest BCUT2D eigenvalue weighted by atomic mass is 10.0. The Labute approximate surface area is 179 Å². The second-order valence-electron chi connectivity index (χ2n) is 6.59. The first-order valence-electron chi connectivity index (χ1n) is 8.94. The molecule has 0 aliphatic rings. The van der Waals surface area contributed by atoms with E-state index in [1.54, 1.807) is 54.6 Å². The molecule has 0 saturated heterocycles. The molecule has 3 aromatic carbocycles.